The lowest BCUT2D eigenvalue weighted by Gasteiger charge is -2.26. The Kier molecular flexibility index (Phi) is 5.20. The van der Waals surface area contributed by atoms with E-state index < -0.39 is 0 Å². The van der Waals surface area contributed by atoms with Gasteiger partial charge in [-0.2, -0.15) is 0 Å². The van der Waals surface area contributed by atoms with Gasteiger partial charge in [0, 0.05) is 13.1 Å². The second kappa shape index (κ2) is 7.53. The van der Waals surface area contributed by atoms with Gasteiger partial charge in [-0.25, -0.2) is 9.07 Å². The van der Waals surface area contributed by atoms with Crippen LogP contribution < -0.4 is 5.32 Å². The maximum Gasteiger partial charge on any atom is 0.276 e. The number of rotatable bonds is 4. The van der Waals surface area contributed by atoms with E-state index in [4.69, 9.17) is 0 Å². The standard InChI is InChI=1S/C17H22FN5O/c1-22(15-6-3-8-19-9-7-15)17(24)16-12-23(21-20-16)11-13-4-2-5-14(18)10-13/h2,4-5,10,12,15,19H,3,6-9,11H2,1H3. The van der Waals surface area contributed by atoms with Gasteiger partial charge in [-0.15, -0.1) is 5.10 Å². The Bertz CT molecular complexity index is 694. The van der Waals surface area contributed by atoms with E-state index in [1.807, 2.05) is 13.1 Å². The van der Waals surface area contributed by atoms with Crippen LogP contribution in [0.4, 0.5) is 4.39 Å². The number of benzene rings is 1. The summed E-state index contributed by atoms with van der Waals surface area (Å²) in [6, 6.07) is 6.55. The molecular formula is C17H22FN5O. The van der Waals surface area contributed by atoms with Gasteiger partial charge >= 0.3 is 0 Å². The highest BCUT2D eigenvalue weighted by atomic mass is 19.1. The number of nitrogens with zero attached hydrogens (tertiary/aromatic N) is 4. The van der Waals surface area contributed by atoms with Gasteiger partial charge in [-0.05, 0) is 50.0 Å². The zero-order valence-electron chi connectivity index (χ0n) is 13.8. The van der Waals surface area contributed by atoms with Gasteiger partial charge in [0.05, 0.1) is 12.7 Å². The molecule has 1 N–H and O–H groups in total. The maximum absolute atomic E-state index is 13.2. The molecular weight excluding hydrogens is 309 g/mol. The van der Waals surface area contributed by atoms with Crippen molar-refractivity contribution in [2.75, 3.05) is 20.1 Å². The minimum atomic E-state index is -0.286. The van der Waals surface area contributed by atoms with Crippen molar-refractivity contribution in [2.24, 2.45) is 0 Å². The summed E-state index contributed by atoms with van der Waals surface area (Å²) in [5.74, 6) is -0.405. The zero-order valence-corrected chi connectivity index (χ0v) is 13.8. The Morgan fingerprint density at radius 3 is 3.12 bits per heavy atom. The normalized spacial score (nSPS) is 18.2. The minimum Gasteiger partial charge on any atom is -0.337 e. The molecule has 2 heterocycles. The van der Waals surface area contributed by atoms with Gasteiger partial charge in [0.15, 0.2) is 5.69 Å². The van der Waals surface area contributed by atoms with Crippen LogP contribution in [0.5, 0.6) is 0 Å². The fraction of sp³-hybridized carbons (Fsp3) is 0.471. The molecule has 1 aliphatic heterocycles. The van der Waals surface area contributed by atoms with Crippen molar-refractivity contribution >= 4 is 5.91 Å². The van der Waals surface area contributed by atoms with Crippen molar-refractivity contribution < 1.29 is 9.18 Å². The Labute approximate surface area is 140 Å². The SMILES string of the molecule is CN(C(=O)c1cn(Cc2cccc(F)c2)nn1)C1CCCNCC1. The van der Waals surface area contributed by atoms with Gasteiger partial charge in [0.1, 0.15) is 5.82 Å². The molecule has 6 nitrogen and oxygen atoms in total. The molecule has 24 heavy (non-hydrogen) atoms. The molecule has 0 bridgehead atoms. The van der Waals surface area contributed by atoms with Crippen LogP contribution in [0.15, 0.2) is 30.5 Å². The number of amides is 1. The maximum atomic E-state index is 13.2. The van der Waals surface area contributed by atoms with E-state index in [9.17, 15) is 9.18 Å². The molecule has 3 rings (SSSR count). The lowest BCUT2D eigenvalue weighted by atomic mass is 10.1. The predicted octanol–water partition coefficient (Wildman–Crippen LogP) is 1.68. The fourth-order valence-electron chi connectivity index (χ4n) is 3.03. The Hall–Kier alpha value is -2.28. The molecule has 1 atom stereocenters. The number of carbonyl (C=O) groups is 1. The van der Waals surface area contributed by atoms with Crippen molar-refractivity contribution in [3.05, 3.63) is 47.5 Å². The second-order valence-electron chi connectivity index (χ2n) is 6.18. The fourth-order valence-corrected chi connectivity index (χ4v) is 3.03. The molecule has 128 valence electrons. The molecule has 1 unspecified atom stereocenters. The van der Waals surface area contributed by atoms with Gasteiger partial charge < -0.3 is 10.2 Å². The third-order valence-electron chi connectivity index (χ3n) is 4.40. The largest absolute Gasteiger partial charge is 0.337 e. The molecule has 0 aliphatic carbocycles. The van der Waals surface area contributed by atoms with Crippen LogP contribution in [0.1, 0.15) is 35.3 Å². The quantitative estimate of drug-likeness (QED) is 0.926. The van der Waals surface area contributed by atoms with Crippen LogP contribution in [0.25, 0.3) is 0 Å². The van der Waals surface area contributed by atoms with E-state index in [0.717, 1.165) is 37.9 Å². The Morgan fingerprint density at radius 1 is 1.42 bits per heavy atom. The topological polar surface area (TPSA) is 63.1 Å². The first-order chi connectivity index (χ1) is 11.6. The summed E-state index contributed by atoms with van der Waals surface area (Å²) in [5.41, 5.74) is 1.10. The second-order valence-corrected chi connectivity index (χ2v) is 6.18. The van der Waals surface area contributed by atoms with Gasteiger partial charge in [0.25, 0.3) is 5.91 Å². The van der Waals surface area contributed by atoms with Crippen LogP contribution in [0, 0.1) is 5.82 Å². The smallest absolute Gasteiger partial charge is 0.276 e. The predicted molar refractivity (Wildman–Crippen MR) is 88.1 cm³/mol. The van der Waals surface area contributed by atoms with Crippen molar-refractivity contribution in [3.8, 4) is 0 Å². The highest BCUT2D eigenvalue weighted by Crippen LogP contribution is 2.14. The lowest BCUT2D eigenvalue weighted by molar-refractivity contribution is 0.0714. The third-order valence-corrected chi connectivity index (χ3v) is 4.40. The van der Waals surface area contributed by atoms with Crippen LogP contribution in [0.2, 0.25) is 0 Å². The monoisotopic (exact) mass is 331 g/mol. The molecule has 1 fully saturated rings. The molecule has 1 amide bonds. The zero-order chi connectivity index (χ0) is 16.9. The van der Waals surface area contributed by atoms with Crippen LogP contribution >= 0.6 is 0 Å². The molecule has 1 aromatic carbocycles. The summed E-state index contributed by atoms with van der Waals surface area (Å²) in [6.45, 7) is 2.31. The van der Waals surface area contributed by atoms with E-state index in [1.54, 1.807) is 21.8 Å². The average Bonchev–Trinajstić information content (AvgIpc) is 2.86. The molecule has 1 aromatic heterocycles. The molecule has 7 heteroatoms. The van der Waals surface area contributed by atoms with E-state index in [2.05, 4.69) is 15.6 Å². The first kappa shape index (κ1) is 16.6. The first-order valence-electron chi connectivity index (χ1n) is 8.26. The Balaban J connectivity index is 1.66. The summed E-state index contributed by atoms with van der Waals surface area (Å²) in [7, 11) is 1.82. The van der Waals surface area contributed by atoms with Crippen LogP contribution in [-0.4, -0.2) is 52.0 Å². The van der Waals surface area contributed by atoms with E-state index in [1.165, 1.54) is 12.1 Å². The molecule has 1 aliphatic rings. The minimum absolute atomic E-state index is 0.118. The van der Waals surface area contributed by atoms with E-state index >= 15 is 0 Å². The average molecular weight is 331 g/mol. The van der Waals surface area contributed by atoms with Crippen molar-refractivity contribution in [2.45, 2.75) is 31.8 Å². The summed E-state index contributed by atoms with van der Waals surface area (Å²) < 4.78 is 14.8. The summed E-state index contributed by atoms with van der Waals surface area (Å²) in [5, 5.41) is 11.3. The highest BCUT2D eigenvalue weighted by molar-refractivity contribution is 5.91. The van der Waals surface area contributed by atoms with Crippen LogP contribution in [0.3, 0.4) is 0 Å². The lowest BCUT2D eigenvalue weighted by Crippen LogP contribution is -2.37. The molecule has 1 saturated heterocycles. The number of hydrogen-bond acceptors (Lipinski definition) is 4. The van der Waals surface area contributed by atoms with E-state index in [-0.39, 0.29) is 17.8 Å². The highest BCUT2D eigenvalue weighted by Gasteiger charge is 2.24. The summed E-state index contributed by atoms with van der Waals surface area (Å²) >= 11 is 0. The molecule has 0 radical (unpaired) electrons. The number of carbonyl (C=O) groups excluding carboxylic acids is 1. The number of hydrogen-bond donors (Lipinski definition) is 1. The van der Waals surface area contributed by atoms with Gasteiger partial charge in [0.2, 0.25) is 0 Å². The summed E-state index contributed by atoms with van der Waals surface area (Å²) in [4.78, 5) is 14.4. The van der Waals surface area contributed by atoms with Crippen molar-refractivity contribution in [3.63, 3.8) is 0 Å². The van der Waals surface area contributed by atoms with Crippen molar-refractivity contribution in [1.29, 1.82) is 0 Å². The third kappa shape index (κ3) is 3.97. The number of aromatic nitrogens is 3. The van der Waals surface area contributed by atoms with E-state index in [0.29, 0.717) is 12.2 Å². The van der Waals surface area contributed by atoms with Crippen molar-refractivity contribution in [1.82, 2.24) is 25.2 Å². The summed E-state index contributed by atoms with van der Waals surface area (Å²) in [6.07, 6.45) is 4.62. The number of nitrogens with one attached hydrogen (secondary N) is 1. The first-order valence-corrected chi connectivity index (χ1v) is 8.26. The van der Waals surface area contributed by atoms with Gasteiger partial charge in [-0.1, -0.05) is 17.3 Å². The van der Waals surface area contributed by atoms with Gasteiger partial charge in [-0.3, -0.25) is 4.79 Å². The molecule has 2 aromatic rings. The molecule has 0 saturated carbocycles. The Morgan fingerprint density at radius 2 is 2.29 bits per heavy atom. The molecule has 0 spiro atoms. The van der Waals surface area contributed by atoms with Crippen LogP contribution in [-0.2, 0) is 6.54 Å². The number of halogens is 1.